The summed E-state index contributed by atoms with van der Waals surface area (Å²) in [6.45, 7) is 0. The van der Waals surface area contributed by atoms with Crippen LogP contribution in [0.15, 0.2) is 97.1 Å². The van der Waals surface area contributed by atoms with E-state index in [2.05, 4.69) is 36.4 Å². The van der Waals surface area contributed by atoms with Crippen LogP contribution in [0.5, 0.6) is 34.5 Å². The summed E-state index contributed by atoms with van der Waals surface area (Å²) in [6, 6.07) is 26.7. The number of methoxy groups -OCH3 is 4. The van der Waals surface area contributed by atoms with Crippen molar-refractivity contribution in [2.24, 2.45) is 0 Å². The van der Waals surface area contributed by atoms with Crippen LogP contribution in [0, 0.1) is 0 Å². The molecule has 4 aromatic rings. The minimum atomic E-state index is -0.0354. The first kappa shape index (κ1) is 29.5. The Hall–Kier alpha value is -4.49. The highest BCUT2D eigenvalue weighted by molar-refractivity contribution is 8.00. The van der Waals surface area contributed by atoms with Gasteiger partial charge in [-0.3, -0.25) is 0 Å². The van der Waals surface area contributed by atoms with Gasteiger partial charge in [0.25, 0.3) is 0 Å². The summed E-state index contributed by atoms with van der Waals surface area (Å²) in [5, 5.41) is 20.0. The average molecular weight is 571 g/mol. The van der Waals surface area contributed by atoms with Crippen LogP contribution in [0.4, 0.5) is 0 Å². The second kappa shape index (κ2) is 14.2. The van der Waals surface area contributed by atoms with Gasteiger partial charge in [0.2, 0.25) is 0 Å². The van der Waals surface area contributed by atoms with E-state index in [1.54, 1.807) is 50.2 Å². The summed E-state index contributed by atoms with van der Waals surface area (Å²) < 4.78 is 21.4. The molecular formula is C34H34O6S. The fraction of sp³-hybridized carbons (Fsp3) is 0.176. The number of phenolic OH excluding ortho intramolecular Hbond substituents is 2. The third-order valence-electron chi connectivity index (χ3n) is 6.52. The number of aromatic hydroxyl groups is 2. The highest BCUT2D eigenvalue weighted by atomic mass is 32.2. The van der Waals surface area contributed by atoms with Gasteiger partial charge in [0.05, 0.1) is 28.4 Å². The van der Waals surface area contributed by atoms with Crippen molar-refractivity contribution in [1.82, 2.24) is 0 Å². The molecule has 0 aliphatic heterocycles. The molecule has 0 aliphatic carbocycles. The van der Waals surface area contributed by atoms with Crippen LogP contribution in [0.25, 0.3) is 12.2 Å². The van der Waals surface area contributed by atoms with Crippen LogP contribution >= 0.6 is 11.8 Å². The van der Waals surface area contributed by atoms with E-state index in [4.69, 9.17) is 18.9 Å². The molecule has 0 fully saturated rings. The second-order valence-electron chi connectivity index (χ2n) is 9.10. The van der Waals surface area contributed by atoms with Gasteiger partial charge in [-0.1, -0.05) is 60.7 Å². The Bertz CT molecular complexity index is 1370. The molecule has 0 radical (unpaired) electrons. The zero-order chi connectivity index (χ0) is 29.2. The fourth-order valence-electron chi connectivity index (χ4n) is 4.21. The molecule has 0 aromatic heterocycles. The monoisotopic (exact) mass is 570 g/mol. The van der Waals surface area contributed by atoms with Gasteiger partial charge in [-0.15, -0.1) is 11.8 Å². The first-order valence-electron chi connectivity index (χ1n) is 13.0. The van der Waals surface area contributed by atoms with Crippen molar-refractivity contribution in [1.29, 1.82) is 0 Å². The van der Waals surface area contributed by atoms with Crippen LogP contribution in [0.2, 0.25) is 0 Å². The van der Waals surface area contributed by atoms with E-state index in [1.165, 1.54) is 14.2 Å². The number of phenols is 2. The predicted molar refractivity (Wildman–Crippen MR) is 166 cm³/mol. The van der Waals surface area contributed by atoms with Crippen LogP contribution in [-0.2, 0) is 0 Å². The number of hydrogen-bond acceptors (Lipinski definition) is 7. The highest BCUT2D eigenvalue weighted by Gasteiger charge is 2.18. The molecule has 0 heterocycles. The standard InChI is InChI=1S/C34H34O6S/c1-37-27-13-9-25(10-14-27)33(19-7-23-5-17-29(35)31(21-23)39-3)41-34(26-11-15-28(38-2)16-12-26)20-8-24-6-18-30(36)32(22-24)40-4/h5-22,33-36H,1-4H3. The molecule has 0 aliphatic rings. The number of ether oxygens (including phenoxy) is 4. The van der Waals surface area contributed by atoms with Gasteiger partial charge in [0, 0.05) is 10.5 Å². The second-order valence-corrected chi connectivity index (χ2v) is 10.4. The van der Waals surface area contributed by atoms with E-state index in [0.717, 1.165) is 33.8 Å². The molecule has 4 aromatic carbocycles. The molecule has 2 unspecified atom stereocenters. The highest BCUT2D eigenvalue weighted by Crippen LogP contribution is 2.44. The largest absolute Gasteiger partial charge is 0.504 e. The number of thioether (sulfide) groups is 1. The lowest BCUT2D eigenvalue weighted by Crippen LogP contribution is -1.98. The van der Waals surface area contributed by atoms with Crippen molar-refractivity contribution in [3.05, 3.63) is 119 Å². The molecule has 0 saturated carbocycles. The number of hydrogen-bond donors (Lipinski definition) is 2. The van der Waals surface area contributed by atoms with Crippen molar-refractivity contribution < 1.29 is 29.2 Å². The smallest absolute Gasteiger partial charge is 0.161 e. The molecular weight excluding hydrogens is 536 g/mol. The van der Waals surface area contributed by atoms with Crippen LogP contribution < -0.4 is 18.9 Å². The molecule has 0 saturated heterocycles. The summed E-state index contributed by atoms with van der Waals surface area (Å²) in [5.74, 6) is 2.62. The van der Waals surface area contributed by atoms with Crippen molar-refractivity contribution in [2.75, 3.05) is 28.4 Å². The number of benzene rings is 4. The molecule has 6 nitrogen and oxygen atoms in total. The van der Waals surface area contributed by atoms with Gasteiger partial charge >= 0.3 is 0 Å². The molecule has 212 valence electrons. The van der Waals surface area contributed by atoms with Crippen LogP contribution in [0.3, 0.4) is 0 Å². The SMILES string of the molecule is COc1ccc(C(C=Cc2ccc(O)c(OC)c2)SC(C=Cc2ccc(O)c(OC)c2)c2ccc(OC)cc2)cc1. The summed E-state index contributed by atoms with van der Waals surface area (Å²) in [7, 11) is 6.38. The van der Waals surface area contributed by atoms with E-state index < -0.39 is 0 Å². The molecule has 41 heavy (non-hydrogen) atoms. The molecule has 0 bridgehead atoms. The maximum atomic E-state index is 10.0. The summed E-state index contributed by atoms with van der Waals surface area (Å²) >= 11 is 1.77. The Labute approximate surface area is 245 Å². The Kier molecular flexibility index (Phi) is 10.2. The van der Waals surface area contributed by atoms with E-state index in [1.807, 2.05) is 48.6 Å². The van der Waals surface area contributed by atoms with Crippen molar-refractivity contribution in [3.63, 3.8) is 0 Å². The quantitative estimate of drug-likeness (QED) is 0.178. The average Bonchev–Trinajstić information content (AvgIpc) is 3.02. The first-order valence-corrected chi connectivity index (χ1v) is 13.9. The minimum Gasteiger partial charge on any atom is -0.504 e. The van der Waals surface area contributed by atoms with Crippen LogP contribution in [-0.4, -0.2) is 38.7 Å². The van der Waals surface area contributed by atoms with E-state index in [0.29, 0.717) is 11.5 Å². The Morgan fingerprint density at radius 3 is 1.27 bits per heavy atom. The summed E-state index contributed by atoms with van der Waals surface area (Å²) in [5.41, 5.74) is 4.03. The summed E-state index contributed by atoms with van der Waals surface area (Å²) in [6.07, 6.45) is 8.35. The maximum Gasteiger partial charge on any atom is 0.161 e. The first-order chi connectivity index (χ1) is 19.9. The molecule has 7 heteroatoms. The third kappa shape index (κ3) is 7.80. The van der Waals surface area contributed by atoms with E-state index in [-0.39, 0.29) is 22.0 Å². The maximum absolute atomic E-state index is 10.0. The topological polar surface area (TPSA) is 77.4 Å². The van der Waals surface area contributed by atoms with Gasteiger partial charge in [0.1, 0.15) is 11.5 Å². The van der Waals surface area contributed by atoms with Gasteiger partial charge in [-0.25, -0.2) is 0 Å². The van der Waals surface area contributed by atoms with Gasteiger partial charge < -0.3 is 29.2 Å². The minimum absolute atomic E-state index is 0.0354. The molecule has 4 rings (SSSR count). The fourth-order valence-corrected chi connectivity index (χ4v) is 5.49. The zero-order valence-corrected chi connectivity index (χ0v) is 24.3. The van der Waals surface area contributed by atoms with Gasteiger partial charge in [-0.05, 0) is 70.8 Å². The van der Waals surface area contributed by atoms with Crippen LogP contribution in [0.1, 0.15) is 32.8 Å². The zero-order valence-electron chi connectivity index (χ0n) is 23.5. The predicted octanol–water partition coefficient (Wildman–Crippen LogP) is 8.07. The van der Waals surface area contributed by atoms with Crippen molar-refractivity contribution in [3.8, 4) is 34.5 Å². The van der Waals surface area contributed by atoms with Gasteiger partial charge in [0.15, 0.2) is 23.0 Å². The number of rotatable bonds is 12. The molecule has 2 atom stereocenters. The van der Waals surface area contributed by atoms with Crippen molar-refractivity contribution in [2.45, 2.75) is 10.5 Å². The Morgan fingerprint density at radius 1 is 0.537 bits per heavy atom. The lowest BCUT2D eigenvalue weighted by atomic mass is 10.1. The Balaban J connectivity index is 1.72. The van der Waals surface area contributed by atoms with Gasteiger partial charge in [-0.2, -0.15) is 0 Å². The Morgan fingerprint density at radius 2 is 0.927 bits per heavy atom. The molecule has 0 amide bonds. The normalized spacial score (nSPS) is 12.8. The molecule has 2 N–H and O–H groups in total. The molecule has 0 spiro atoms. The van der Waals surface area contributed by atoms with Crippen molar-refractivity contribution >= 4 is 23.9 Å². The van der Waals surface area contributed by atoms with E-state index in [9.17, 15) is 10.2 Å². The third-order valence-corrected chi connectivity index (χ3v) is 7.96. The lowest BCUT2D eigenvalue weighted by molar-refractivity contribution is 0.373. The lowest BCUT2D eigenvalue weighted by Gasteiger charge is -2.21. The summed E-state index contributed by atoms with van der Waals surface area (Å²) in [4.78, 5) is 0. The van der Waals surface area contributed by atoms with E-state index >= 15 is 0 Å².